The zero-order valence-electron chi connectivity index (χ0n) is 12.1. The number of carbonyl (C=O) groups is 1. The molecule has 1 aliphatic carbocycles. The molecule has 1 fully saturated rings. The first kappa shape index (κ1) is 14.7. The lowest BCUT2D eigenvalue weighted by Crippen LogP contribution is -2.29. The van der Waals surface area contributed by atoms with Crippen molar-refractivity contribution in [2.45, 2.75) is 19.8 Å². The van der Waals surface area contributed by atoms with Gasteiger partial charge < -0.3 is 20.1 Å². The Hall–Kier alpha value is -1.75. The van der Waals surface area contributed by atoms with Crippen LogP contribution in [-0.2, 0) is 4.79 Å². The quantitative estimate of drug-likeness (QED) is 0.764. The van der Waals surface area contributed by atoms with Crippen molar-refractivity contribution < 1.29 is 14.3 Å². The fourth-order valence-corrected chi connectivity index (χ4v) is 1.94. The van der Waals surface area contributed by atoms with Crippen molar-refractivity contribution in [2.24, 2.45) is 5.92 Å². The summed E-state index contributed by atoms with van der Waals surface area (Å²) in [5, 5.41) is 6.01. The monoisotopic (exact) mass is 278 g/mol. The fourth-order valence-electron chi connectivity index (χ4n) is 1.94. The topological polar surface area (TPSA) is 59.6 Å². The molecule has 0 spiro atoms. The van der Waals surface area contributed by atoms with Crippen molar-refractivity contribution in [1.82, 2.24) is 5.32 Å². The predicted molar refractivity (Wildman–Crippen MR) is 78.4 cm³/mol. The van der Waals surface area contributed by atoms with Crippen LogP contribution in [-0.4, -0.2) is 32.7 Å². The van der Waals surface area contributed by atoms with Crippen LogP contribution in [0.4, 0.5) is 5.69 Å². The van der Waals surface area contributed by atoms with E-state index in [1.165, 1.54) is 12.8 Å². The van der Waals surface area contributed by atoms with Crippen LogP contribution < -0.4 is 20.1 Å². The molecule has 2 rings (SSSR count). The minimum Gasteiger partial charge on any atom is -0.493 e. The first-order valence-corrected chi connectivity index (χ1v) is 7.04. The number of hydrogen-bond acceptors (Lipinski definition) is 4. The molecule has 0 saturated heterocycles. The lowest BCUT2D eigenvalue weighted by molar-refractivity contribution is -0.115. The van der Waals surface area contributed by atoms with Crippen molar-refractivity contribution in [1.29, 1.82) is 0 Å². The van der Waals surface area contributed by atoms with Crippen molar-refractivity contribution >= 4 is 11.6 Å². The summed E-state index contributed by atoms with van der Waals surface area (Å²) >= 11 is 0. The van der Waals surface area contributed by atoms with E-state index in [0.717, 1.165) is 12.5 Å². The SMILES string of the molecule is CCOc1cc(NC(=O)CNCC2CC2)ccc1OC. The molecule has 0 radical (unpaired) electrons. The molecule has 110 valence electrons. The summed E-state index contributed by atoms with van der Waals surface area (Å²) < 4.78 is 10.7. The Morgan fingerprint density at radius 2 is 2.15 bits per heavy atom. The van der Waals surface area contributed by atoms with Crippen LogP contribution in [0.2, 0.25) is 0 Å². The molecule has 2 N–H and O–H groups in total. The van der Waals surface area contributed by atoms with Gasteiger partial charge in [0.25, 0.3) is 0 Å². The summed E-state index contributed by atoms with van der Waals surface area (Å²) in [7, 11) is 1.60. The van der Waals surface area contributed by atoms with Gasteiger partial charge in [-0.05, 0) is 44.4 Å². The van der Waals surface area contributed by atoms with E-state index in [9.17, 15) is 4.79 Å². The number of carbonyl (C=O) groups excluding carboxylic acids is 1. The van der Waals surface area contributed by atoms with E-state index in [1.54, 1.807) is 25.3 Å². The van der Waals surface area contributed by atoms with Crippen molar-refractivity contribution in [3.05, 3.63) is 18.2 Å². The van der Waals surface area contributed by atoms with E-state index in [4.69, 9.17) is 9.47 Å². The zero-order chi connectivity index (χ0) is 14.4. The molecule has 0 heterocycles. The maximum atomic E-state index is 11.8. The molecule has 0 bridgehead atoms. The first-order chi connectivity index (χ1) is 9.72. The van der Waals surface area contributed by atoms with E-state index >= 15 is 0 Å². The summed E-state index contributed by atoms with van der Waals surface area (Å²) in [6.07, 6.45) is 2.57. The van der Waals surface area contributed by atoms with Crippen LogP contribution in [0, 0.1) is 5.92 Å². The molecule has 0 aliphatic heterocycles. The molecule has 20 heavy (non-hydrogen) atoms. The Morgan fingerprint density at radius 1 is 1.35 bits per heavy atom. The lowest BCUT2D eigenvalue weighted by Gasteiger charge is -2.12. The zero-order valence-corrected chi connectivity index (χ0v) is 12.1. The smallest absolute Gasteiger partial charge is 0.238 e. The van der Waals surface area contributed by atoms with E-state index in [2.05, 4.69) is 10.6 Å². The highest BCUT2D eigenvalue weighted by Gasteiger charge is 2.20. The van der Waals surface area contributed by atoms with Crippen LogP contribution in [0.3, 0.4) is 0 Å². The van der Waals surface area contributed by atoms with Gasteiger partial charge in [0.1, 0.15) is 0 Å². The molecular weight excluding hydrogens is 256 g/mol. The van der Waals surface area contributed by atoms with Crippen molar-refractivity contribution in [3.63, 3.8) is 0 Å². The van der Waals surface area contributed by atoms with Gasteiger partial charge in [-0.1, -0.05) is 0 Å². The second-order valence-corrected chi connectivity index (χ2v) is 4.92. The number of anilines is 1. The van der Waals surface area contributed by atoms with Gasteiger partial charge in [-0.2, -0.15) is 0 Å². The number of nitrogens with one attached hydrogen (secondary N) is 2. The minimum absolute atomic E-state index is 0.0433. The van der Waals surface area contributed by atoms with Gasteiger partial charge in [0, 0.05) is 11.8 Å². The lowest BCUT2D eigenvalue weighted by atomic mass is 10.2. The number of benzene rings is 1. The Labute approximate surface area is 119 Å². The molecule has 1 amide bonds. The third-order valence-electron chi connectivity index (χ3n) is 3.16. The largest absolute Gasteiger partial charge is 0.493 e. The first-order valence-electron chi connectivity index (χ1n) is 7.04. The van der Waals surface area contributed by atoms with Crippen LogP contribution in [0.15, 0.2) is 18.2 Å². The molecule has 1 aromatic carbocycles. The van der Waals surface area contributed by atoms with Gasteiger partial charge in [-0.15, -0.1) is 0 Å². The van der Waals surface area contributed by atoms with E-state index in [0.29, 0.717) is 30.3 Å². The summed E-state index contributed by atoms with van der Waals surface area (Å²) in [6, 6.07) is 5.37. The Kier molecular flexibility index (Phi) is 5.24. The molecule has 0 aromatic heterocycles. The third kappa shape index (κ3) is 4.42. The second kappa shape index (κ2) is 7.14. The van der Waals surface area contributed by atoms with Crippen LogP contribution in [0.5, 0.6) is 11.5 Å². The van der Waals surface area contributed by atoms with E-state index in [-0.39, 0.29) is 5.91 Å². The summed E-state index contributed by atoms with van der Waals surface area (Å²) in [5.74, 6) is 2.03. The fraction of sp³-hybridized carbons (Fsp3) is 0.533. The molecular formula is C15H22N2O3. The molecule has 0 atom stereocenters. The number of ether oxygens (including phenoxy) is 2. The third-order valence-corrected chi connectivity index (χ3v) is 3.16. The van der Waals surface area contributed by atoms with Crippen LogP contribution in [0.1, 0.15) is 19.8 Å². The molecule has 5 nitrogen and oxygen atoms in total. The number of hydrogen-bond donors (Lipinski definition) is 2. The number of amides is 1. The van der Waals surface area contributed by atoms with Gasteiger partial charge in [-0.25, -0.2) is 0 Å². The molecule has 1 aromatic rings. The number of rotatable bonds is 8. The molecule has 0 unspecified atom stereocenters. The highest BCUT2D eigenvalue weighted by molar-refractivity contribution is 5.92. The number of methoxy groups -OCH3 is 1. The van der Waals surface area contributed by atoms with Crippen LogP contribution in [0.25, 0.3) is 0 Å². The maximum Gasteiger partial charge on any atom is 0.238 e. The normalized spacial score (nSPS) is 13.9. The minimum atomic E-state index is -0.0433. The summed E-state index contributed by atoms with van der Waals surface area (Å²) in [5.41, 5.74) is 0.715. The Bertz CT molecular complexity index is 458. The van der Waals surface area contributed by atoms with Crippen LogP contribution >= 0.6 is 0 Å². The molecule has 1 aliphatic rings. The average molecular weight is 278 g/mol. The van der Waals surface area contributed by atoms with Gasteiger partial charge in [0.05, 0.1) is 20.3 Å². The standard InChI is InChI=1S/C15H22N2O3/c1-3-20-14-8-12(6-7-13(14)19-2)17-15(18)10-16-9-11-4-5-11/h6-8,11,16H,3-5,9-10H2,1-2H3,(H,17,18). The van der Waals surface area contributed by atoms with E-state index < -0.39 is 0 Å². The highest BCUT2D eigenvalue weighted by atomic mass is 16.5. The van der Waals surface area contributed by atoms with E-state index in [1.807, 2.05) is 6.92 Å². The van der Waals surface area contributed by atoms with Crippen molar-refractivity contribution in [2.75, 3.05) is 32.1 Å². The van der Waals surface area contributed by atoms with Gasteiger partial charge in [-0.3, -0.25) is 4.79 Å². The van der Waals surface area contributed by atoms with Gasteiger partial charge in [0.2, 0.25) is 5.91 Å². The summed E-state index contributed by atoms with van der Waals surface area (Å²) in [4.78, 5) is 11.8. The Balaban J connectivity index is 1.86. The van der Waals surface area contributed by atoms with Gasteiger partial charge in [0.15, 0.2) is 11.5 Å². The maximum absolute atomic E-state index is 11.8. The molecule has 1 saturated carbocycles. The van der Waals surface area contributed by atoms with Crippen molar-refractivity contribution in [3.8, 4) is 11.5 Å². The average Bonchev–Trinajstić information content (AvgIpc) is 3.24. The van der Waals surface area contributed by atoms with Gasteiger partial charge >= 0.3 is 0 Å². The summed E-state index contributed by atoms with van der Waals surface area (Å²) in [6.45, 7) is 3.73. The predicted octanol–water partition coefficient (Wildman–Crippen LogP) is 2.03. The molecule has 5 heteroatoms. The second-order valence-electron chi connectivity index (χ2n) is 4.92. The Morgan fingerprint density at radius 3 is 2.80 bits per heavy atom. The highest BCUT2D eigenvalue weighted by Crippen LogP contribution is 2.30.